The Morgan fingerprint density at radius 1 is 0.960 bits per heavy atom. The summed E-state index contributed by atoms with van der Waals surface area (Å²) in [7, 11) is 0. The number of pyridine rings is 1. The highest BCUT2D eigenvalue weighted by Crippen LogP contribution is 2.22. The molecule has 0 aliphatic heterocycles. The SMILES string of the molecule is CCC.N=C(c1ccc(Oc2ccccc2)cc1)c1cnccc1N. The summed E-state index contributed by atoms with van der Waals surface area (Å²) in [5.41, 5.74) is 8.16. The van der Waals surface area contributed by atoms with Crippen molar-refractivity contribution in [2.24, 2.45) is 0 Å². The molecule has 0 atom stereocenters. The summed E-state index contributed by atoms with van der Waals surface area (Å²) in [6.07, 6.45) is 4.47. The lowest BCUT2D eigenvalue weighted by molar-refractivity contribution is 0.482. The lowest BCUT2D eigenvalue weighted by Gasteiger charge is -2.09. The average molecular weight is 333 g/mol. The number of aromatic nitrogens is 1. The summed E-state index contributed by atoms with van der Waals surface area (Å²) in [6, 6.07) is 18.6. The van der Waals surface area contributed by atoms with Crippen molar-refractivity contribution in [3.8, 4) is 11.5 Å². The fraction of sp³-hybridized carbons (Fsp3) is 0.143. The van der Waals surface area contributed by atoms with E-state index in [1.807, 2.05) is 54.6 Å². The highest BCUT2D eigenvalue weighted by Gasteiger charge is 2.08. The molecular formula is C21H23N3O. The van der Waals surface area contributed by atoms with Gasteiger partial charge in [0.1, 0.15) is 11.5 Å². The van der Waals surface area contributed by atoms with E-state index in [9.17, 15) is 0 Å². The third-order valence-corrected chi connectivity index (χ3v) is 3.25. The second kappa shape index (κ2) is 9.23. The zero-order chi connectivity index (χ0) is 18.1. The Labute approximate surface area is 148 Å². The molecule has 2 aromatic carbocycles. The van der Waals surface area contributed by atoms with Gasteiger partial charge >= 0.3 is 0 Å². The molecule has 0 amide bonds. The molecule has 1 aromatic heterocycles. The normalized spacial score (nSPS) is 9.68. The fourth-order valence-electron chi connectivity index (χ4n) is 2.08. The van der Waals surface area contributed by atoms with Crippen LogP contribution in [-0.2, 0) is 0 Å². The van der Waals surface area contributed by atoms with Crippen LogP contribution in [-0.4, -0.2) is 10.7 Å². The van der Waals surface area contributed by atoms with Crippen LogP contribution in [0.5, 0.6) is 11.5 Å². The number of rotatable bonds is 4. The number of nitrogens with zero attached hydrogens (tertiary/aromatic N) is 1. The second-order valence-electron chi connectivity index (χ2n) is 5.48. The number of hydrogen-bond donors (Lipinski definition) is 2. The smallest absolute Gasteiger partial charge is 0.127 e. The molecule has 25 heavy (non-hydrogen) atoms. The van der Waals surface area contributed by atoms with E-state index in [0.29, 0.717) is 17.0 Å². The van der Waals surface area contributed by atoms with E-state index in [-0.39, 0.29) is 0 Å². The van der Waals surface area contributed by atoms with E-state index in [1.165, 1.54) is 6.42 Å². The Bertz CT molecular complexity index is 799. The van der Waals surface area contributed by atoms with Gasteiger partial charge in [-0.3, -0.25) is 10.4 Å². The summed E-state index contributed by atoms with van der Waals surface area (Å²) in [6.45, 7) is 4.25. The van der Waals surface area contributed by atoms with Gasteiger partial charge in [-0.15, -0.1) is 0 Å². The third kappa shape index (κ3) is 5.18. The van der Waals surface area contributed by atoms with Gasteiger partial charge in [-0.05, 0) is 42.5 Å². The molecule has 0 unspecified atom stereocenters. The summed E-state index contributed by atoms with van der Waals surface area (Å²) >= 11 is 0. The molecule has 0 aliphatic carbocycles. The largest absolute Gasteiger partial charge is 0.457 e. The fourth-order valence-corrected chi connectivity index (χ4v) is 2.08. The minimum absolute atomic E-state index is 0.344. The van der Waals surface area contributed by atoms with Crippen molar-refractivity contribution >= 4 is 11.4 Å². The van der Waals surface area contributed by atoms with Gasteiger partial charge in [0.15, 0.2) is 0 Å². The van der Waals surface area contributed by atoms with Crippen molar-refractivity contribution in [3.63, 3.8) is 0 Å². The molecule has 128 valence electrons. The molecule has 3 rings (SSSR count). The zero-order valence-corrected chi connectivity index (χ0v) is 14.6. The van der Waals surface area contributed by atoms with Gasteiger partial charge in [0.2, 0.25) is 0 Å². The van der Waals surface area contributed by atoms with Crippen LogP contribution in [0.4, 0.5) is 5.69 Å². The van der Waals surface area contributed by atoms with Gasteiger partial charge in [0.05, 0.1) is 5.71 Å². The van der Waals surface area contributed by atoms with Crippen molar-refractivity contribution < 1.29 is 4.74 Å². The molecule has 0 fully saturated rings. The van der Waals surface area contributed by atoms with Crippen LogP contribution in [0.1, 0.15) is 31.4 Å². The summed E-state index contributed by atoms with van der Waals surface area (Å²) in [5, 5.41) is 8.24. The van der Waals surface area contributed by atoms with Crippen molar-refractivity contribution in [3.05, 3.63) is 84.2 Å². The topological polar surface area (TPSA) is 72.0 Å². The molecule has 4 nitrogen and oxygen atoms in total. The highest BCUT2D eigenvalue weighted by atomic mass is 16.5. The number of benzene rings is 2. The predicted octanol–water partition coefficient (Wildman–Crippen LogP) is 5.29. The first-order valence-corrected chi connectivity index (χ1v) is 8.27. The molecule has 0 saturated carbocycles. The minimum Gasteiger partial charge on any atom is -0.457 e. The molecule has 0 saturated heterocycles. The zero-order valence-electron chi connectivity index (χ0n) is 14.6. The monoisotopic (exact) mass is 333 g/mol. The predicted molar refractivity (Wildman–Crippen MR) is 104 cm³/mol. The van der Waals surface area contributed by atoms with Crippen molar-refractivity contribution in [1.82, 2.24) is 4.98 Å². The first-order chi connectivity index (χ1) is 12.2. The molecule has 0 bridgehead atoms. The molecule has 3 aromatic rings. The molecular weight excluding hydrogens is 310 g/mol. The van der Waals surface area contributed by atoms with Crippen LogP contribution in [0.2, 0.25) is 0 Å². The maximum Gasteiger partial charge on any atom is 0.127 e. The molecule has 4 heteroatoms. The lowest BCUT2D eigenvalue weighted by Crippen LogP contribution is -2.05. The number of ether oxygens (including phenoxy) is 1. The third-order valence-electron chi connectivity index (χ3n) is 3.25. The maximum absolute atomic E-state index is 8.24. The van der Waals surface area contributed by atoms with E-state index in [4.69, 9.17) is 15.9 Å². The number of nitrogens with one attached hydrogen (secondary N) is 1. The average Bonchev–Trinajstić information content (AvgIpc) is 2.64. The summed E-state index contributed by atoms with van der Waals surface area (Å²) in [5.74, 6) is 1.50. The van der Waals surface area contributed by atoms with E-state index < -0.39 is 0 Å². The maximum atomic E-state index is 8.24. The van der Waals surface area contributed by atoms with Crippen LogP contribution < -0.4 is 10.5 Å². The Hall–Kier alpha value is -3.14. The first-order valence-electron chi connectivity index (χ1n) is 8.27. The molecule has 0 spiro atoms. The second-order valence-corrected chi connectivity index (χ2v) is 5.48. The van der Waals surface area contributed by atoms with Gasteiger partial charge in [0.25, 0.3) is 0 Å². The number of hydrogen-bond acceptors (Lipinski definition) is 4. The van der Waals surface area contributed by atoms with Crippen LogP contribution >= 0.6 is 0 Å². The summed E-state index contributed by atoms with van der Waals surface area (Å²) in [4.78, 5) is 4.02. The van der Waals surface area contributed by atoms with Crippen LogP contribution in [0, 0.1) is 5.41 Å². The van der Waals surface area contributed by atoms with Crippen molar-refractivity contribution in [2.75, 3.05) is 5.73 Å². The first kappa shape index (κ1) is 18.2. The van der Waals surface area contributed by atoms with E-state index in [1.54, 1.807) is 18.5 Å². The van der Waals surface area contributed by atoms with Crippen molar-refractivity contribution in [1.29, 1.82) is 5.41 Å². The van der Waals surface area contributed by atoms with E-state index in [2.05, 4.69) is 18.8 Å². The quantitative estimate of drug-likeness (QED) is 0.637. The van der Waals surface area contributed by atoms with Crippen LogP contribution in [0.25, 0.3) is 0 Å². The van der Waals surface area contributed by atoms with Crippen LogP contribution in [0.15, 0.2) is 73.1 Å². The van der Waals surface area contributed by atoms with Crippen LogP contribution in [0.3, 0.4) is 0 Å². The number of nitrogen functional groups attached to an aromatic ring is 1. The Balaban J connectivity index is 0.000000701. The van der Waals surface area contributed by atoms with Crippen molar-refractivity contribution in [2.45, 2.75) is 20.3 Å². The van der Waals surface area contributed by atoms with E-state index >= 15 is 0 Å². The lowest BCUT2D eigenvalue weighted by atomic mass is 10.0. The summed E-state index contributed by atoms with van der Waals surface area (Å²) < 4.78 is 5.73. The standard InChI is InChI=1S/C18H15N3O.C3H8/c19-17-10-11-21-12-16(17)18(20)13-6-8-15(9-7-13)22-14-4-2-1-3-5-14;1-3-2/h1-12,20H,(H2,19,21);3H2,1-2H3. The van der Waals surface area contributed by atoms with Gasteiger partial charge in [-0.25, -0.2) is 0 Å². The molecule has 0 radical (unpaired) electrons. The number of nitrogens with two attached hydrogens (primary N) is 1. The molecule has 1 heterocycles. The van der Waals surface area contributed by atoms with Gasteiger partial charge in [-0.2, -0.15) is 0 Å². The Morgan fingerprint density at radius 3 is 2.16 bits per heavy atom. The minimum atomic E-state index is 0.344. The van der Waals surface area contributed by atoms with Gasteiger partial charge < -0.3 is 10.5 Å². The van der Waals surface area contributed by atoms with E-state index in [0.717, 1.165) is 17.1 Å². The molecule has 3 N–H and O–H groups in total. The highest BCUT2D eigenvalue weighted by molar-refractivity contribution is 6.13. The number of anilines is 1. The van der Waals surface area contributed by atoms with Gasteiger partial charge in [-0.1, -0.05) is 38.5 Å². The Morgan fingerprint density at radius 2 is 1.56 bits per heavy atom. The van der Waals surface area contributed by atoms with Gasteiger partial charge in [0, 0.05) is 29.2 Å². The molecule has 0 aliphatic rings. The Kier molecular flexibility index (Phi) is 6.72. The number of para-hydroxylation sites is 1.